The van der Waals surface area contributed by atoms with Crippen molar-refractivity contribution in [3.05, 3.63) is 51.8 Å². The van der Waals surface area contributed by atoms with Crippen molar-refractivity contribution in [2.75, 3.05) is 26.3 Å². The highest BCUT2D eigenvalue weighted by Gasteiger charge is 2.29. The van der Waals surface area contributed by atoms with Gasteiger partial charge in [0.25, 0.3) is 0 Å². The fourth-order valence-corrected chi connectivity index (χ4v) is 4.07. The molecule has 8 nitrogen and oxygen atoms in total. The number of benzene rings is 1. The zero-order chi connectivity index (χ0) is 24.1. The fourth-order valence-electron chi connectivity index (χ4n) is 3.54. The molecule has 2 atom stereocenters. The Morgan fingerprint density at radius 2 is 1.92 bits per heavy atom. The molecule has 4 rings (SSSR count). The molecular formula is C23H28Cl2F2N2O6S. The van der Waals surface area contributed by atoms with Crippen molar-refractivity contribution in [3.8, 4) is 11.5 Å². The van der Waals surface area contributed by atoms with Gasteiger partial charge in [-0.2, -0.15) is 22.3 Å². The van der Waals surface area contributed by atoms with Crippen LogP contribution in [0.5, 0.6) is 11.5 Å². The monoisotopic (exact) mass is 568 g/mol. The fraction of sp³-hybridized carbons (Fsp3) is 0.478. The van der Waals surface area contributed by atoms with Crippen LogP contribution in [0.3, 0.4) is 0 Å². The number of carbonyl (C=O) groups is 1. The van der Waals surface area contributed by atoms with E-state index in [1.54, 1.807) is 24.5 Å². The molecule has 200 valence electrons. The smallest absolute Gasteiger partial charge is 0.387 e. The van der Waals surface area contributed by atoms with Crippen molar-refractivity contribution < 1.29 is 43.0 Å². The third-order valence-corrected chi connectivity index (χ3v) is 6.24. The van der Waals surface area contributed by atoms with E-state index in [0.29, 0.717) is 53.4 Å². The van der Waals surface area contributed by atoms with E-state index in [-0.39, 0.29) is 36.9 Å². The van der Waals surface area contributed by atoms with Crippen molar-refractivity contribution in [2.45, 2.75) is 38.1 Å². The molecule has 0 spiro atoms. The first-order valence-electron chi connectivity index (χ1n) is 11.0. The highest BCUT2D eigenvalue weighted by Crippen LogP contribution is 2.37. The maximum Gasteiger partial charge on any atom is 0.387 e. The maximum absolute atomic E-state index is 12.9. The summed E-state index contributed by atoms with van der Waals surface area (Å²) in [7, 11) is 0. The number of nitrogens with one attached hydrogen (secondary N) is 2. The highest BCUT2D eigenvalue weighted by atomic mass is 35.5. The van der Waals surface area contributed by atoms with Crippen LogP contribution in [0.25, 0.3) is 0 Å². The summed E-state index contributed by atoms with van der Waals surface area (Å²) in [6.07, 6.45) is 3.75. The lowest BCUT2D eigenvalue weighted by atomic mass is 10.0. The van der Waals surface area contributed by atoms with Gasteiger partial charge in [0.2, 0.25) is 0 Å². The number of aromatic amines is 1. The lowest BCUT2D eigenvalue weighted by molar-refractivity contribution is -0.377. The molecular weight excluding hydrogens is 541 g/mol. The van der Waals surface area contributed by atoms with Crippen molar-refractivity contribution in [2.24, 2.45) is 5.92 Å². The molecule has 1 aliphatic carbocycles. The van der Waals surface area contributed by atoms with E-state index in [9.17, 15) is 13.6 Å². The molecule has 0 unspecified atom stereocenters. The number of aromatic nitrogens is 1. The largest absolute Gasteiger partial charge is 0.870 e. The summed E-state index contributed by atoms with van der Waals surface area (Å²) in [6.45, 7) is -1.26. The molecule has 0 radical (unpaired) electrons. The number of alkyl halides is 2. The zero-order valence-electron chi connectivity index (χ0n) is 19.1. The van der Waals surface area contributed by atoms with Crippen LogP contribution < -0.4 is 19.8 Å². The predicted molar refractivity (Wildman–Crippen MR) is 132 cm³/mol. The third-order valence-electron chi connectivity index (χ3n) is 5.56. The molecule has 0 amide bonds. The molecule has 2 heterocycles. The van der Waals surface area contributed by atoms with Gasteiger partial charge in [-0.3, -0.25) is 0 Å². The van der Waals surface area contributed by atoms with Crippen LogP contribution >= 0.6 is 36.7 Å². The summed E-state index contributed by atoms with van der Waals surface area (Å²) < 4.78 is 47.6. The molecule has 13 heteroatoms. The number of ether oxygens (including phenoxy) is 4. The van der Waals surface area contributed by atoms with Crippen LogP contribution in [0.4, 0.5) is 8.78 Å². The van der Waals surface area contributed by atoms with Gasteiger partial charge < -0.3 is 29.7 Å². The van der Waals surface area contributed by atoms with Gasteiger partial charge in [-0.15, -0.1) is 0 Å². The van der Waals surface area contributed by atoms with Crippen LogP contribution in [-0.2, 0) is 20.7 Å². The summed E-state index contributed by atoms with van der Waals surface area (Å²) in [4.78, 5) is 15.7. The number of morpholine rings is 1. The van der Waals surface area contributed by atoms with Crippen molar-refractivity contribution in [1.29, 1.82) is 0 Å². The summed E-state index contributed by atoms with van der Waals surface area (Å²) >= 11 is 12.7. The average molecular weight is 569 g/mol. The number of hydrogen-bond acceptors (Lipinski definition) is 7. The molecule has 1 aromatic heterocycles. The highest BCUT2D eigenvalue weighted by molar-refractivity contribution is 7.59. The van der Waals surface area contributed by atoms with Gasteiger partial charge in [0.1, 0.15) is 16.1 Å². The van der Waals surface area contributed by atoms with Gasteiger partial charge in [0.15, 0.2) is 30.0 Å². The first kappa shape index (κ1) is 30.3. The molecule has 36 heavy (non-hydrogen) atoms. The van der Waals surface area contributed by atoms with E-state index in [1.807, 2.05) is 0 Å². The van der Waals surface area contributed by atoms with E-state index in [4.69, 9.17) is 37.4 Å². The third kappa shape index (κ3) is 8.32. The first-order valence-corrected chi connectivity index (χ1v) is 11.7. The van der Waals surface area contributed by atoms with Gasteiger partial charge in [0.05, 0.1) is 13.2 Å². The SMILES string of the molecule is O=C(O[C@@H](Cc1c(Cl)c[nH+]cc1Cl)c1ccc(OC(F)F)c(OCC2CC2)c1)[C@@H]1CNCCO1.S.[OH-]. The summed E-state index contributed by atoms with van der Waals surface area (Å²) in [5, 5.41) is 3.82. The standard InChI is InChI=1S/C23H24Cl2F2N2O5.H2O.H2S/c24-16-9-29-10-17(25)15(16)8-19(33-22(30)21-11-28-5-6-31-21)14-3-4-18(34-23(26)27)20(7-14)32-12-13-1-2-13;;/h3-4,7,9-10,13,19,21,23,28H,1-2,5-6,8,11-12H2;2*1H2/t19-,21-;;/m0../s1. The molecule has 1 saturated heterocycles. The second-order valence-electron chi connectivity index (χ2n) is 8.16. The zero-order valence-corrected chi connectivity index (χ0v) is 21.7. The van der Waals surface area contributed by atoms with E-state index in [0.717, 1.165) is 12.8 Å². The average Bonchev–Trinajstić information content (AvgIpc) is 3.65. The number of halogens is 4. The Kier molecular flexibility index (Phi) is 11.9. The summed E-state index contributed by atoms with van der Waals surface area (Å²) in [6, 6.07) is 4.48. The van der Waals surface area contributed by atoms with Crippen LogP contribution in [0, 0.1) is 5.92 Å². The Balaban J connectivity index is 0.00000228. The number of carbonyl (C=O) groups excluding carboxylic acids is 1. The summed E-state index contributed by atoms with van der Waals surface area (Å²) in [5.41, 5.74) is 1.08. The molecule has 1 aromatic carbocycles. The van der Waals surface area contributed by atoms with Gasteiger partial charge in [0, 0.05) is 25.1 Å². The van der Waals surface area contributed by atoms with Gasteiger partial charge >= 0.3 is 12.6 Å². The van der Waals surface area contributed by atoms with Crippen LogP contribution in [0.1, 0.15) is 30.1 Å². The molecule has 1 saturated carbocycles. The van der Waals surface area contributed by atoms with E-state index < -0.39 is 24.8 Å². The van der Waals surface area contributed by atoms with Gasteiger partial charge in [-0.25, -0.2) is 9.78 Å². The molecule has 1 aliphatic heterocycles. The molecule has 3 N–H and O–H groups in total. The van der Waals surface area contributed by atoms with E-state index >= 15 is 0 Å². The Hall–Kier alpha value is -1.89. The van der Waals surface area contributed by atoms with Gasteiger partial charge in [-0.05, 0) is 36.5 Å². The number of hydrogen-bond donors (Lipinski definition) is 1. The molecule has 0 bridgehead atoms. The molecule has 2 fully saturated rings. The van der Waals surface area contributed by atoms with Crippen LogP contribution in [0.2, 0.25) is 10.0 Å². The number of pyridine rings is 1. The minimum atomic E-state index is -3.00. The lowest BCUT2D eigenvalue weighted by Gasteiger charge is -2.26. The number of esters is 1. The van der Waals surface area contributed by atoms with Crippen molar-refractivity contribution in [1.82, 2.24) is 5.32 Å². The normalized spacial score (nSPS) is 18.0. The van der Waals surface area contributed by atoms with Gasteiger partial charge in [-0.1, -0.05) is 29.3 Å². The Morgan fingerprint density at radius 3 is 2.53 bits per heavy atom. The minimum absolute atomic E-state index is 0. The van der Waals surface area contributed by atoms with Crippen LogP contribution in [-0.4, -0.2) is 50.5 Å². The van der Waals surface area contributed by atoms with Crippen LogP contribution in [0.15, 0.2) is 30.6 Å². The lowest BCUT2D eigenvalue weighted by Crippen LogP contribution is -2.44. The predicted octanol–water partition coefficient (Wildman–Crippen LogP) is 3.95. The topological polar surface area (TPSA) is 110 Å². The van der Waals surface area contributed by atoms with E-state index in [1.165, 1.54) is 6.07 Å². The first-order chi connectivity index (χ1) is 16.4. The summed E-state index contributed by atoms with van der Waals surface area (Å²) in [5.74, 6) is -0.0966. The second kappa shape index (κ2) is 14.2. The van der Waals surface area contributed by atoms with E-state index in [2.05, 4.69) is 15.0 Å². The Labute approximate surface area is 224 Å². The second-order valence-corrected chi connectivity index (χ2v) is 8.98. The van der Waals surface area contributed by atoms with Crippen molar-refractivity contribution in [3.63, 3.8) is 0 Å². The number of rotatable bonds is 10. The Bertz CT molecular complexity index is 992. The quantitative estimate of drug-likeness (QED) is 0.432. The maximum atomic E-state index is 12.9. The molecule has 2 aromatic rings. The number of H-pyrrole nitrogens is 1. The van der Waals surface area contributed by atoms with Crippen molar-refractivity contribution >= 4 is 42.7 Å². The Morgan fingerprint density at radius 1 is 1.19 bits per heavy atom. The molecule has 2 aliphatic rings. The minimum Gasteiger partial charge on any atom is -0.870 e.